The van der Waals surface area contributed by atoms with Gasteiger partial charge in [-0.3, -0.25) is 9.69 Å². The van der Waals surface area contributed by atoms with Crippen molar-refractivity contribution < 1.29 is 23.1 Å². The second-order valence-electron chi connectivity index (χ2n) is 6.80. The molecule has 2 aromatic rings. The Morgan fingerprint density at radius 1 is 1.11 bits per heavy atom. The summed E-state index contributed by atoms with van der Waals surface area (Å²) in [5, 5.41) is 9.81. The Kier molecular flexibility index (Phi) is 6.22. The fourth-order valence-corrected chi connectivity index (χ4v) is 4.14. The van der Waals surface area contributed by atoms with Gasteiger partial charge in [-0.1, -0.05) is 53.5 Å². The molecule has 3 nitrogen and oxygen atoms in total. The number of benzene rings is 2. The highest BCUT2D eigenvalue weighted by atomic mass is 35.5. The molecule has 2 aromatic carbocycles. The maximum absolute atomic E-state index is 13.7. The summed E-state index contributed by atoms with van der Waals surface area (Å²) < 4.78 is 41.1. The lowest BCUT2D eigenvalue weighted by atomic mass is 9.89. The Morgan fingerprint density at radius 2 is 1.79 bits per heavy atom. The molecule has 0 radical (unpaired) electrons. The maximum atomic E-state index is 13.7. The molecule has 0 saturated carbocycles. The Labute approximate surface area is 170 Å². The summed E-state index contributed by atoms with van der Waals surface area (Å²) in [6.07, 6.45) is -3.50. The third-order valence-corrected chi connectivity index (χ3v) is 5.84. The van der Waals surface area contributed by atoms with Crippen LogP contribution in [-0.4, -0.2) is 29.1 Å². The molecule has 2 atom stereocenters. The van der Waals surface area contributed by atoms with Crippen molar-refractivity contribution in [2.45, 2.75) is 25.1 Å². The topological polar surface area (TPSA) is 40.5 Å². The molecule has 2 unspecified atom stereocenters. The van der Waals surface area contributed by atoms with Crippen LogP contribution in [-0.2, 0) is 11.0 Å². The fourth-order valence-electron chi connectivity index (χ4n) is 3.73. The molecule has 3 rings (SSSR count). The van der Waals surface area contributed by atoms with E-state index in [0.29, 0.717) is 24.9 Å². The highest BCUT2D eigenvalue weighted by molar-refractivity contribution is 6.42. The number of hydrogen-bond donors (Lipinski definition) is 1. The van der Waals surface area contributed by atoms with Crippen LogP contribution in [0.1, 0.15) is 35.6 Å². The summed E-state index contributed by atoms with van der Waals surface area (Å²) in [6, 6.07) is 9.28. The van der Waals surface area contributed by atoms with Gasteiger partial charge in [-0.2, -0.15) is 13.2 Å². The summed E-state index contributed by atoms with van der Waals surface area (Å²) in [7, 11) is 0. The molecule has 1 heterocycles. The van der Waals surface area contributed by atoms with Gasteiger partial charge in [-0.05, 0) is 42.6 Å². The number of hydrogen-bond acceptors (Lipinski definition) is 2. The van der Waals surface area contributed by atoms with E-state index in [1.54, 1.807) is 23.1 Å². The van der Waals surface area contributed by atoms with E-state index >= 15 is 0 Å². The quantitative estimate of drug-likeness (QED) is 0.654. The van der Waals surface area contributed by atoms with Gasteiger partial charge in [0.15, 0.2) is 0 Å². The van der Waals surface area contributed by atoms with E-state index in [1.165, 1.54) is 18.2 Å². The van der Waals surface area contributed by atoms with Gasteiger partial charge < -0.3 is 5.11 Å². The van der Waals surface area contributed by atoms with Gasteiger partial charge in [0.2, 0.25) is 0 Å². The normalized spacial score (nSPS) is 19.4. The standard InChI is InChI=1S/C20H18Cl2F3NO2/c21-16-9-3-7-14(17(16)22)18(26-10-4-5-12(11-26)19(27)28)13-6-1-2-8-15(13)20(23,24)25/h1-3,6-9,12,18H,4-5,10-11H2,(H,27,28). The third-order valence-electron chi connectivity index (χ3n) is 5.00. The van der Waals surface area contributed by atoms with Crippen molar-refractivity contribution in [1.29, 1.82) is 0 Å². The van der Waals surface area contributed by atoms with Crippen molar-refractivity contribution in [2.75, 3.05) is 13.1 Å². The molecule has 1 fully saturated rings. The number of carboxylic acids is 1. The van der Waals surface area contributed by atoms with Crippen LogP contribution in [0.2, 0.25) is 10.0 Å². The van der Waals surface area contributed by atoms with Gasteiger partial charge >= 0.3 is 12.1 Å². The number of carbonyl (C=O) groups is 1. The Bertz CT molecular complexity index is 873. The van der Waals surface area contributed by atoms with Gasteiger partial charge in [-0.25, -0.2) is 0 Å². The Morgan fingerprint density at radius 3 is 2.46 bits per heavy atom. The van der Waals surface area contributed by atoms with Crippen molar-refractivity contribution in [3.63, 3.8) is 0 Å². The number of aliphatic carboxylic acids is 1. The molecule has 0 aliphatic carbocycles. The third kappa shape index (κ3) is 4.29. The summed E-state index contributed by atoms with van der Waals surface area (Å²) in [5.41, 5.74) is -0.310. The molecule has 8 heteroatoms. The number of likely N-dealkylation sites (tertiary alicyclic amines) is 1. The van der Waals surface area contributed by atoms with Crippen LogP contribution in [0.15, 0.2) is 42.5 Å². The average molecular weight is 432 g/mol. The summed E-state index contributed by atoms with van der Waals surface area (Å²) in [5.74, 6) is -1.60. The van der Waals surface area contributed by atoms with E-state index < -0.39 is 29.7 Å². The van der Waals surface area contributed by atoms with Gasteiger partial charge in [0.1, 0.15) is 0 Å². The van der Waals surface area contributed by atoms with Crippen LogP contribution in [0, 0.1) is 5.92 Å². The van der Waals surface area contributed by atoms with Crippen LogP contribution in [0.4, 0.5) is 13.2 Å². The predicted octanol–water partition coefficient (Wildman–Crippen LogP) is 5.90. The van der Waals surface area contributed by atoms with Crippen LogP contribution < -0.4 is 0 Å². The highest BCUT2D eigenvalue weighted by Crippen LogP contribution is 2.43. The highest BCUT2D eigenvalue weighted by Gasteiger charge is 2.39. The van der Waals surface area contributed by atoms with E-state index in [-0.39, 0.29) is 22.2 Å². The summed E-state index contributed by atoms with van der Waals surface area (Å²) in [4.78, 5) is 13.2. The molecule has 28 heavy (non-hydrogen) atoms. The average Bonchev–Trinajstić information content (AvgIpc) is 2.65. The molecular weight excluding hydrogens is 414 g/mol. The molecule has 0 amide bonds. The predicted molar refractivity (Wildman–Crippen MR) is 102 cm³/mol. The zero-order chi connectivity index (χ0) is 20.5. The largest absolute Gasteiger partial charge is 0.481 e. The van der Waals surface area contributed by atoms with Gasteiger partial charge in [0.05, 0.1) is 27.6 Å². The lowest BCUT2D eigenvalue weighted by Gasteiger charge is -2.38. The Balaban J connectivity index is 2.16. The van der Waals surface area contributed by atoms with Crippen molar-refractivity contribution in [2.24, 2.45) is 5.92 Å². The number of alkyl halides is 3. The lowest BCUT2D eigenvalue weighted by molar-refractivity contribution is -0.144. The molecular formula is C20H18Cl2F3NO2. The summed E-state index contributed by atoms with van der Waals surface area (Å²) in [6.45, 7) is 0.596. The van der Waals surface area contributed by atoms with Crippen LogP contribution in [0.25, 0.3) is 0 Å². The molecule has 1 aliphatic heterocycles. The van der Waals surface area contributed by atoms with Crippen molar-refractivity contribution >= 4 is 29.2 Å². The number of halogens is 5. The molecule has 0 aromatic heterocycles. The Hall–Kier alpha value is -1.76. The van der Waals surface area contributed by atoms with E-state index in [0.717, 1.165) is 6.07 Å². The van der Waals surface area contributed by atoms with Gasteiger partial charge in [0.25, 0.3) is 0 Å². The van der Waals surface area contributed by atoms with Crippen molar-refractivity contribution in [1.82, 2.24) is 4.90 Å². The minimum atomic E-state index is -4.55. The molecule has 1 N–H and O–H groups in total. The molecule has 0 spiro atoms. The van der Waals surface area contributed by atoms with Gasteiger partial charge in [-0.15, -0.1) is 0 Å². The minimum Gasteiger partial charge on any atom is -0.481 e. The second kappa shape index (κ2) is 8.31. The zero-order valence-corrected chi connectivity index (χ0v) is 16.2. The monoisotopic (exact) mass is 431 g/mol. The first-order valence-electron chi connectivity index (χ1n) is 8.77. The lowest BCUT2D eigenvalue weighted by Crippen LogP contribution is -2.41. The zero-order valence-electron chi connectivity index (χ0n) is 14.7. The van der Waals surface area contributed by atoms with Crippen molar-refractivity contribution in [3.8, 4) is 0 Å². The summed E-state index contributed by atoms with van der Waals surface area (Å²) >= 11 is 12.5. The van der Waals surface area contributed by atoms with E-state index in [1.807, 2.05) is 0 Å². The van der Waals surface area contributed by atoms with E-state index in [4.69, 9.17) is 23.2 Å². The van der Waals surface area contributed by atoms with E-state index in [9.17, 15) is 23.1 Å². The smallest absolute Gasteiger partial charge is 0.416 e. The number of carboxylic acid groups (broad SMARTS) is 1. The molecule has 1 aliphatic rings. The van der Waals surface area contributed by atoms with Crippen LogP contribution in [0.5, 0.6) is 0 Å². The first kappa shape index (κ1) is 21.0. The van der Waals surface area contributed by atoms with E-state index in [2.05, 4.69) is 0 Å². The second-order valence-corrected chi connectivity index (χ2v) is 7.59. The van der Waals surface area contributed by atoms with Crippen LogP contribution in [0.3, 0.4) is 0 Å². The van der Waals surface area contributed by atoms with Crippen molar-refractivity contribution in [3.05, 3.63) is 69.2 Å². The minimum absolute atomic E-state index is 0.0326. The first-order chi connectivity index (χ1) is 13.2. The molecule has 0 bridgehead atoms. The van der Waals surface area contributed by atoms with Gasteiger partial charge in [0, 0.05) is 6.54 Å². The first-order valence-corrected chi connectivity index (χ1v) is 9.52. The molecule has 1 saturated heterocycles. The SMILES string of the molecule is O=C(O)C1CCCN(C(c2ccccc2C(F)(F)F)c2cccc(Cl)c2Cl)C1. The maximum Gasteiger partial charge on any atom is 0.416 e. The number of rotatable bonds is 4. The van der Waals surface area contributed by atoms with Crippen LogP contribution >= 0.6 is 23.2 Å². The molecule has 150 valence electrons. The fraction of sp³-hybridized carbons (Fsp3) is 0.350. The number of nitrogens with zero attached hydrogens (tertiary/aromatic N) is 1. The number of piperidine rings is 1.